The second-order valence-corrected chi connectivity index (χ2v) is 6.26. The first-order valence-corrected chi connectivity index (χ1v) is 8.30. The number of halogens is 3. The molecule has 1 saturated heterocycles. The normalized spacial score (nSPS) is 17.9. The molecule has 0 radical (unpaired) electrons. The number of alkyl halides is 3. The van der Waals surface area contributed by atoms with E-state index in [1.54, 1.807) is 19.1 Å². The third-order valence-corrected chi connectivity index (χ3v) is 4.12. The number of hydrogen-bond acceptors (Lipinski definition) is 5. The van der Waals surface area contributed by atoms with Gasteiger partial charge in [0.2, 0.25) is 17.6 Å². The molecule has 1 aromatic heterocycles. The Balaban J connectivity index is 1.70. The Hall–Kier alpha value is -2.91. The molecule has 1 fully saturated rings. The first-order chi connectivity index (χ1) is 12.7. The summed E-state index contributed by atoms with van der Waals surface area (Å²) in [6, 6.07) is 5.39. The minimum Gasteiger partial charge on any atom is -0.340 e. The molecule has 1 aromatic carbocycles. The van der Waals surface area contributed by atoms with Crippen molar-refractivity contribution in [2.24, 2.45) is 0 Å². The van der Waals surface area contributed by atoms with Gasteiger partial charge in [0.25, 0.3) is 5.91 Å². The maximum absolute atomic E-state index is 12.6. The number of piperidine rings is 1. The number of aromatic nitrogens is 2. The molecule has 0 bridgehead atoms. The fraction of sp³-hybridized carbons (Fsp3) is 0.412. The molecule has 7 nitrogen and oxygen atoms in total. The molecule has 2 heterocycles. The number of nitrogens with zero attached hydrogens (tertiary/aromatic N) is 3. The summed E-state index contributed by atoms with van der Waals surface area (Å²) >= 11 is 0. The number of likely N-dealkylation sites (tertiary alicyclic amines) is 1. The molecular weight excluding hydrogens is 365 g/mol. The summed E-state index contributed by atoms with van der Waals surface area (Å²) in [6.45, 7) is 0.344. The van der Waals surface area contributed by atoms with E-state index in [-0.39, 0.29) is 12.1 Å². The van der Waals surface area contributed by atoms with Crippen LogP contribution < -0.4 is 5.32 Å². The molecule has 2 aromatic rings. The maximum atomic E-state index is 12.6. The summed E-state index contributed by atoms with van der Waals surface area (Å²) in [5, 5.41) is 6.30. The predicted octanol–water partition coefficient (Wildman–Crippen LogP) is 2.33. The first-order valence-electron chi connectivity index (χ1n) is 8.30. The fourth-order valence-corrected chi connectivity index (χ4v) is 2.91. The number of benzene rings is 1. The predicted molar refractivity (Wildman–Crippen MR) is 87.6 cm³/mol. The van der Waals surface area contributed by atoms with Gasteiger partial charge in [0.15, 0.2) is 0 Å². The monoisotopic (exact) mass is 382 g/mol. The van der Waals surface area contributed by atoms with Gasteiger partial charge in [0.05, 0.1) is 0 Å². The van der Waals surface area contributed by atoms with E-state index in [2.05, 4.69) is 15.5 Å². The highest BCUT2D eigenvalue weighted by Crippen LogP contribution is 2.21. The lowest BCUT2D eigenvalue weighted by Crippen LogP contribution is -2.54. The minimum absolute atomic E-state index is 0.0252. The Labute approximate surface area is 152 Å². The van der Waals surface area contributed by atoms with E-state index >= 15 is 0 Å². The first kappa shape index (κ1) is 18.9. The average molecular weight is 382 g/mol. The Morgan fingerprint density at radius 1 is 1.41 bits per heavy atom. The van der Waals surface area contributed by atoms with Gasteiger partial charge in [-0.1, -0.05) is 17.3 Å². The van der Waals surface area contributed by atoms with Crippen molar-refractivity contribution in [3.63, 3.8) is 0 Å². The minimum atomic E-state index is -4.47. The van der Waals surface area contributed by atoms with Gasteiger partial charge in [-0.3, -0.25) is 9.59 Å². The van der Waals surface area contributed by atoms with Crippen molar-refractivity contribution >= 4 is 11.8 Å². The zero-order valence-corrected chi connectivity index (χ0v) is 14.4. The second-order valence-electron chi connectivity index (χ2n) is 6.26. The number of rotatable bonds is 4. The quantitative estimate of drug-likeness (QED) is 0.877. The third-order valence-electron chi connectivity index (χ3n) is 4.12. The lowest BCUT2D eigenvalue weighted by Gasteiger charge is -2.33. The van der Waals surface area contributed by atoms with Crippen molar-refractivity contribution in [2.75, 3.05) is 13.1 Å². The van der Waals surface area contributed by atoms with Crippen LogP contribution in [-0.2, 0) is 4.79 Å². The highest BCUT2D eigenvalue weighted by atomic mass is 19.4. The maximum Gasteiger partial charge on any atom is 0.406 e. The van der Waals surface area contributed by atoms with Gasteiger partial charge in [0, 0.05) is 24.6 Å². The molecule has 10 heteroatoms. The summed E-state index contributed by atoms with van der Waals surface area (Å²) in [4.78, 5) is 29.5. The number of nitrogens with one attached hydrogen (secondary N) is 1. The summed E-state index contributed by atoms with van der Waals surface area (Å²) < 4.78 is 42.6. The van der Waals surface area contributed by atoms with Crippen LogP contribution in [0.25, 0.3) is 11.4 Å². The Morgan fingerprint density at radius 3 is 2.85 bits per heavy atom. The van der Waals surface area contributed by atoms with Crippen molar-refractivity contribution in [1.82, 2.24) is 20.4 Å². The highest BCUT2D eigenvalue weighted by molar-refractivity contribution is 5.98. The third kappa shape index (κ3) is 4.63. The molecule has 27 heavy (non-hydrogen) atoms. The average Bonchev–Trinajstić information content (AvgIpc) is 3.04. The molecule has 1 aliphatic heterocycles. The van der Waals surface area contributed by atoms with Crippen LogP contribution >= 0.6 is 0 Å². The zero-order valence-electron chi connectivity index (χ0n) is 14.4. The van der Waals surface area contributed by atoms with Crippen LogP contribution in [0.15, 0.2) is 28.8 Å². The SMILES string of the molecule is Cc1nc(-c2cccc(C(=O)NC3CCCN(CC(F)(F)F)C3=O)c2)no1. The zero-order chi connectivity index (χ0) is 19.6. The Kier molecular flexibility index (Phi) is 5.15. The molecule has 1 N–H and O–H groups in total. The Morgan fingerprint density at radius 2 is 2.19 bits per heavy atom. The van der Waals surface area contributed by atoms with E-state index in [4.69, 9.17) is 4.52 Å². The lowest BCUT2D eigenvalue weighted by atomic mass is 10.0. The van der Waals surface area contributed by atoms with Gasteiger partial charge in [-0.15, -0.1) is 0 Å². The molecule has 3 rings (SSSR count). The van der Waals surface area contributed by atoms with Gasteiger partial charge in [-0.05, 0) is 25.0 Å². The standard InChI is InChI=1S/C17H17F3N4O3/c1-10-21-14(23-27-10)11-4-2-5-12(8-11)15(25)22-13-6-3-7-24(16(13)26)9-17(18,19)20/h2,4-5,8,13H,3,6-7,9H2,1H3,(H,22,25). The highest BCUT2D eigenvalue weighted by Gasteiger charge is 2.37. The number of hydrogen-bond donors (Lipinski definition) is 1. The van der Waals surface area contributed by atoms with Crippen LogP contribution in [0.4, 0.5) is 13.2 Å². The van der Waals surface area contributed by atoms with Crippen LogP contribution in [0.1, 0.15) is 29.1 Å². The van der Waals surface area contributed by atoms with E-state index < -0.39 is 30.6 Å². The second kappa shape index (κ2) is 7.37. The van der Waals surface area contributed by atoms with Crippen LogP contribution in [0.5, 0.6) is 0 Å². The van der Waals surface area contributed by atoms with Crippen molar-refractivity contribution in [3.8, 4) is 11.4 Å². The van der Waals surface area contributed by atoms with E-state index in [0.29, 0.717) is 30.1 Å². The molecular formula is C17H17F3N4O3. The molecule has 144 valence electrons. The van der Waals surface area contributed by atoms with E-state index in [9.17, 15) is 22.8 Å². The Bertz CT molecular complexity index is 850. The largest absolute Gasteiger partial charge is 0.406 e. The van der Waals surface area contributed by atoms with E-state index in [1.165, 1.54) is 12.1 Å². The van der Waals surface area contributed by atoms with Crippen molar-refractivity contribution < 1.29 is 27.3 Å². The number of carbonyl (C=O) groups is 2. The van der Waals surface area contributed by atoms with Crippen molar-refractivity contribution in [3.05, 3.63) is 35.7 Å². The van der Waals surface area contributed by atoms with Crippen LogP contribution in [-0.4, -0.2) is 52.2 Å². The number of carbonyl (C=O) groups excluding carboxylic acids is 2. The molecule has 0 spiro atoms. The smallest absolute Gasteiger partial charge is 0.340 e. The van der Waals surface area contributed by atoms with Crippen molar-refractivity contribution in [2.45, 2.75) is 32.0 Å². The molecule has 0 saturated carbocycles. The molecule has 1 aliphatic rings. The van der Waals surface area contributed by atoms with Gasteiger partial charge >= 0.3 is 6.18 Å². The topological polar surface area (TPSA) is 88.3 Å². The summed E-state index contributed by atoms with van der Waals surface area (Å²) in [7, 11) is 0. The van der Waals surface area contributed by atoms with Gasteiger partial charge in [0.1, 0.15) is 12.6 Å². The summed E-state index contributed by atoms with van der Waals surface area (Å²) in [5.74, 6) is -0.592. The lowest BCUT2D eigenvalue weighted by molar-refractivity contribution is -0.164. The molecule has 1 unspecified atom stereocenters. The van der Waals surface area contributed by atoms with E-state index in [1.807, 2.05) is 0 Å². The van der Waals surface area contributed by atoms with Gasteiger partial charge in [-0.25, -0.2) is 0 Å². The number of aryl methyl sites for hydroxylation is 1. The van der Waals surface area contributed by atoms with Crippen LogP contribution in [0, 0.1) is 6.92 Å². The van der Waals surface area contributed by atoms with Gasteiger partial charge < -0.3 is 14.7 Å². The van der Waals surface area contributed by atoms with Crippen LogP contribution in [0.3, 0.4) is 0 Å². The summed E-state index contributed by atoms with van der Waals surface area (Å²) in [6.07, 6.45) is -3.80. The fourth-order valence-electron chi connectivity index (χ4n) is 2.91. The molecule has 1 atom stereocenters. The van der Waals surface area contributed by atoms with Gasteiger partial charge in [-0.2, -0.15) is 18.2 Å². The van der Waals surface area contributed by atoms with Crippen molar-refractivity contribution in [1.29, 1.82) is 0 Å². The number of amides is 2. The van der Waals surface area contributed by atoms with Crippen LogP contribution in [0.2, 0.25) is 0 Å². The molecule has 0 aliphatic carbocycles. The molecule has 2 amide bonds. The van der Waals surface area contributed by atoms with E-state index in [0.717, 1.165) is 4.90 Å². The summed E-state index contributed by atoms with van der Waals surface area (Å²) in [5.41, 5.74) is 0.795.